The molecule has 0 fully saturated rings. The van der Waals surface area contributed by atoms with Gasteiger partial charge in [-0.3, -0.25) is 13.9 Å². The van der Waals surface area contributed by atoms with Crippen LogP contribution in [0, 0.1) is 5.92 Å². The molecule has 168 valence electrons. The van der Waals surface area contributed by atoms with Crippen LogP contribution >= 0.6 is 11.6 Å². The molecule has 0 unspecified atom stereocenters. The zero-order chi connectivity index (χ0) is 23.2. The van der Waals surface area contributed by atoms with Crippen LogP contribution in [0.1, 0.15) is 25.2 Å². The predicted molar refractivity (Wildman–Crippen MR) is 123 cm³/mol. The highest BCUT2D eigenvalue weighted by molar-refractivity contribution is 6.34. The summed E-state index contributed by atoms with van der Waals surface area (Å²) in [6.07, 6.45) is 2.02. The lowest BCUT2D eigenvalue weighted by molar-refractivity contribution is 0.356. The summed E-state index contributed by atoms with van der Waals surface area (Å²) in [5.74, 6) is 1.86. The number of pyridine rings is 1. The number of hydrogen-bond acceptors (Lipinski definition) is 6. The molecule has 0 saturated heterocycles. The Morgan fingerprint density at radius 1 is 1.12 bits per heavy atom. The van der Waals surface area contributed by atoms with Crippen LogP contribution < -0.4 is 20.7 Å². The lowest BCUT2D eigenvalue weighted by atomic mass is 10.0. The van der Waals surface area contributed by atoms with E-state index >= 15 is 0 Å². The predicted octanol–water partition coefficient (Wildman–Crippen LogP) is 2.89. The Kier molecular flexibility index (Phi) is 5.68. The molecule has 0 amide bonds. The summed E-state index contributed by atoms with van der Waals surface area (Å²) in [5.41, 5.74) is 0.693. The Labute approximate surface area is 188 Å². The number of halogens is 1. The topological polar surface area (TPSA) is 104 Å². The molecule has 1 N–H and O–H groups in total. The zero-order valence-electron chi connectivity index (χ0n) is 18.5. The molecule has 1 aromatic carbocycles. The molecule has 3 aromatic heterocycles. The van der Waals surface area contributed by atoms with Gasteiger partial charge in [0.15, 0.2) is 17.1 Å². The fourth-order valence-corrected chi connectivity index (χ4v) is 4.01. The van der Waals surface area contributed by atoms with Crippen LogP contribution in [0.15, 0.2) is 27.9 Å². The van der Waals surface area contributed by atoms with Gasteiger partial charge in [-0.2, -0.15) is 0 Å². The molecule has 0 radical (unpaired) electrons. The molecule has 0 atom stereocenters. The first-order chi connectivity index (χ1) is 15.2. The monoisotopic (exact) mass is 457 g/mol. The molecule has 0 aliphatic heterocycles. The van der Waals surface area contributed by atoms with Crippen LogP contribution in [0.3, 0.4) is 0 Å². The average Bonchev–Trinajstić information content (AvgIpc) is 3.20. The fourth-order valence-electron chi connectivity index (χ4n) is 3.81. The quantitative estimate of drug-likeness (QED) is 0.446. The van der Waals surface area contributed by atoms with E-state index in [9.17, 15) is 9.59 Å². The summed E-state index contributed by atoms with van der Waals surface area (Å²) in [7, 11) is 4.59. The van der Waals surface area contributed by atoms with E-state index in [4.69, 9.17) is 21.1 Å². The molecule has 4 rings (SSSR count). The average molecular weight is 458 g/mol. The third-order valence-electron chi connectivity index (χ3n) is 5.36. The van der Waals surface area contributed by atoms with Crippen LogP contribution in [0.4, 0.5) is 0 Å². The number of aromatic amines is 1. The second-order valence-corrected chi connectivity index (χ2v) is 8.40. The van der Waals surface area contributed by atoms with Gasteiger partial charge in [-0.1, -0.05) is 25.4 Å². The molecule has 10 heteroatoms. The van der Waals surface area contributed by atoms with Gasteiger partial charge in [0.2, 0.25) is 0 Å². The molecule has 9 nitrogen and oxygen atoms in total. The summed E-state index contributed by atoms with van der Waals surface area (Å²) < 4.78 is 13.5. The van der Waals surface area contributed by atoms with Gasteiger partial charge in [0.1, 0.15) is 16.5 Å². The van der Waals surface area contributed by atoms with Crippen molar-refractivity contribution in [3.05, 3.63) is 55.7 Å². The van der Waals surface area contributed by atoms with Crippen LogP contribution in [-0.4, -0.2) is 38.3 Å². The minimum atomic E-state index is -0.408. The largest absolute Gasteiger partial charge is 0.493 e. The summed E-state index contributed by atoms with van der Waals surface area (Å²) in [6.45, 7) is 4.46. The first-order valence-corrected chi connectivity index (χ1v) is 10.5. The summed E-state index contributed by atoms with van der Waals surface area (Å²) in [5, 5.41) is 1.88. The van der Waals surface area contributed by atoms with E-state index in [0.29, 0.717) is 52.0 Å². The van der Waals surface area contributed by atoms with Crippen LogP contribution in [-0.2, 0) is 20.0 Å². The number of benzene rings is 1. The Balaban J connectivity index is 1.89. The van der Waals surface area contributed by atoms with Crippen molar-refractivity contribution < 1.29 is 9.47 Å². The fraction of sp³-hybridized carbons (Fsp3) is 0.364. The van der Waals surface area contributed by atoms with Crippen molar-refractivity contribution in [3.63, 3.8) is 0 Å². The molecule has 0 aliphatic rings. The smallest absolute Gasteiger partial charge is 0.332 e. The third kappa shape index (κ3) is 3.62. The number of hydrogen-bond donors (Lipinski definition) is 1. The van der Waals surface area contributed by atoms with Gasteiger partial charge in [0.25, 0.3) is 5.56 Å². The Morgan fingerprint density at radius 3 is 2.41 bits per heavy atom. The van der Waals surface area contributed by atoms with E-state index in [-0.39, 0.29) is 11.6 Å². The summed E-state index contributed by atoms with van der Waals surface area (Å²) in [6, 6.07) is 3.62. The number of methoxy groups -OCH3 is 2. The standard InChI is InChI=1S/C22H24ClN5O4/c1-11(2)10-28-20-18(21(29)27(3)22(28)30)25-17(26-20)6-12-9-24-19(23)14-8-16(32-5)15(31-4)7-13(12)14/h7-9,11H,6,10H2,1-5H3,(H,25,26). The number of nitrogens with one attached hydrogen (secondary N) is 1. The maximum atomic E-state index is 12.7. The van der Waals surface area contributed by atoms with E-state index in [1.807, 2.05) is 19.9 Å². The Hall–Kier alpha value is -3.33. The van der Waals surface area contributed by atoms with Gasteiger partial charge in [-0.15, -0.1) is 0 Å². The maximum absolute atomic E-state index is 12.7. The normalized spacial score (nSPS) is 11.6. The molecular formula is C22H24ClN5O4. The number of rotatable bonds is 6. The van der Waals surface area contributed by atoms with E-state index < -0.39 is 5.56 Å². The summed E-state index contributed by atoms with van der Waals surface area (Å²) in [4.78, 5) is 37.4. The number of nitrogens with zero attached hydrogens (tertiary/aromatic N) is 4. The van der Waals surface area contributed by atoms with Crippen LogP contribution in [0.2, 0.25) is 5.15 Å². The van der Waals surface area contributed by atoms with E-state index in [2.05, 4.69) is 15.0 Å². The number of ether oxygens (including phenoxy) is 2. The highest BCUT2D eigenvalue weighted by Gasteiger charge is 2.18. The minimum Gasteiger partial charge on any atom is -0.493 e. The second kappa shape index (κ2) is 8.31. The number of imidazole rings is 1. The van der Waals surface area contributed by atoms with Crippen molar-refractivity contribution in [3.8, 4) is 11.5 Å². The van der Waals surface area contributed by atoms with Crippen LogP contribution in [0.25, 0.3) is 21.9 Å². The SMILES string of the molecule is COc1cc2c(Cc3nc4c([nH]3)c(=O)n(C)c(=O)n4CC(C)C)cnc(Cl)c2cc1OC. The lowest BCUT2D eigenvalue weighted by Crippen LogP contribution is -2.38. The van der Waals surface area contributed by atoms with Gasteiger partial charge in [0, 0.05) is 31.6 Å². The van der Waals surface area contributed by atoms with Crippen molar-refractivity contribution >= 4 is 33.5 Å². The molecule has 32 heavy (non-hydrogen) atoms. The highest BCUT2D eigenvalue weighted by atomic mass is 35.5. The minimum absolute atomic E-state index is 0.209. The van der Waals surface area contributed by atoms with Crippen molar-refractivity contribution in [1.82, 2.24) is 24.1 Å². The van der Waals surface area contributed by atoms with Gasteiger partial charge in [-0.05, 0) is 29.0 Å². The van der Waals surface area contributed by atoms with Crippen molar-refractivity contribution in [2.75, 3.05) is 14.2 Å². The Morgan fingerprint density at radius 2 is 1.78 bits per heavy atom. The van der Waals surface area contributed by atoms with E-state index in [1.54, 1.807) is 26.5 Å². The lowest BCUT2D eigenvalue weighted by Gasteiger charge is -2.12. The van der Waals surface area contributed by atoms with Crippen molar-refractivity contribution in [1.29, 1.82) is 0 Å². The number of H-pyrrole nitrogens is 1. The third-order valence-corrected chi connectivity index (χ3v) is 5.66. The van der Waals surface area contributed by atoms with Gasteiger partial charge in [-0.25, -0.2) is 14.8 Å². The molecular weight excluding hydrogens is 434 g/mol. The first-order valence-electron chi connectivity index (χ1n) is 10.1. The number of aromatic nitrogens is 5. The maximum Gasteiger partial charge on any atom is 0.332 e. The van der Waals surface area contributed by atoms with Gasteiger partial charge < -0.3 is 14.5 Å². The molecule has 4 aromatic rings. The highest BCUT2D eigenvalue weighted by Crippen LogP contribution is 2.36. The second-order valence-electron chi connectivity index (χ2n) is 8.04. The van der Waals surface area contributed by atoms with Crippen molar-refractivity contribution in [2.45, 2.75) is 26.8 Å². The molecule has 0 spiro atoms. The van der Waals surface area contributed by atoms with E-state index in [0.717, 1.165) is 15.5 Å². The zero-order valence-corrected chi connectivity index (χ0v) is 19.3. The van der Waals surface area contributed by atoms with Crippen molar-refractivity contribution in [2.24, 2.45) is 13.0 Å². The first kappa shape index (κ1) is 21.9. The molecule has 0 aliphatic carbocycles. The Bertz CT molecular complexity index is 1450. The molecule has 3 heterocycles. The summed E-state index contributed by atoms with van der Waals surface area (Å²) >= 11 is 6.33. The van der Waals surface area contributed by atoms with Crippen LogP contribution in [0.5, 0.6) is 11.5 Å². The molecule has 0 saturated carbocycles. The number of fused-ring (bicyclic) bond motifs is 2. The van der Waals surface area contributed by atoms with Gasteiger partial charge >= 0.3 is 5.69 Å². The van der Waals surface area contributed by atoms with Gasteiger partial charge in [0.05, 0.1) is 14.2 Å². The van der Waals surface area contributed by atoms with E-state index in [1.165, 1.54) is 11.6 Å². The molecule has 0 bridgehead atoms.